The number of ether oxygens (including phenoxy) is 1. The van der Waals surface area contributed by atoms with Crippen LogP contribution in [0.15, 0.2) is 30.6 Å². The van der Waals surface area contributed by atoms with E-state index in [1.165, 1.54) is 29.4 Å². The van der Waals surface area contributed by atoms with Crippen LogP contribution in [0, 0.1) is 6.92 Å². The molecule has 2 heterocycles. The van der Waals surface area contributed by atoms with Gasteiger partial charge in [-0.1, -0.05) is 6.07 Å². The molecule has 22 heavy (non-hydrogen) atoms. The number of methoxy groups -OCH3 is 1. The van der Waals surface area contributed by atoms with Gasteiger partial charge >= 0.3 is 0 Å². The van der Waals surface area contributed by atoms with Crippen LogP contribution in [0.25, 0.3) is 22.2 Å². The Morgan fingerprint density at radius 3 is 2.73 bits per heavy atom. The van der Waals surface area contributed by atoms with Crippen LogP contribution in [-0.4, -0.2) is 21.9 Å². The third-order valence-corrected chi connectivity index (χ3v) is 4.39. The maximum Gasteiger partial charge on any atom is 0.128 e. The first-order valence-corrected chi connectivity index (χ1v) is 7.64. The topological polar surface area (TPSA) is 39.9 Å². The van der Waals surface area contributed by atoms with Crippen LogP contribution in [0.4, 0.5) is 0 Å². The second kappa shape index (κ2) is 4.83. The maximum absolute atomic E-state index is 5.59. The number of aromatic nitrogens is 3. The molecule has 1 aliphatic carbocycles. The average molecular weight is 293 g/mol. The Kier molecular flexibility index (Phi) is 2.93. The minimum atomic E-state index is 0.636. The highest BCUT2D eigenvalue weighted by atomic mass is 16.5. The van der Waals surface area contributed by atoms with Crippen molar-refractivity contribution in [1.29, 1.82) is 0 Å². The molecule has 0 saturated heterocycles. The van der Waals surface area contributed by atoms with Crippen LogP contribution in [-0.2, 0) is 7.05 Å². The van der Waals surface area contributed by atoms with Crippen LogP contribution >= 0.6 is 0 Å². The smallest absolute Gasteiger partial charge is 0.128 e. The van der Waals surface area contributed by atoms with E-state index in [2.05, 4.69) is 30.2 Å². The third kappa shape index (κ3) is 2.06. The normalized spacial score (nSPS) is 14.5. The molecule has 4 heteroatoms. The van der Waals surface area contributed by atoms with Gasteiger partial charge in [-0.05, 0) is 48.9 Å². The van der Waals surface area contributed by atoms with E-state index in [1.807, 2.05) is 24.1 Å². The van der Waals surface area contributed by atoms with Gasteiger partial charge in [0, 0.05) is 24.2 Å². The number of benzene rings is 1. The van der Waals surface area contributed by atoms with Gasteiger partial charge in [0.25, 0.3) is 0 Å². The fourth-order valence-electron chi connectivity index (χ4n) is 3.06. The summed E-state index contributed by atoms with van der Waals surface area (Å²) in [7, 11) is 3.66. The predicted octanol–water partition coefficient (Wildman–Crippen LogP) is 3.83. The molecule has 1 fully saturated rings. The van der Waals surface area contributed by atoms with Gasteiger partial charge in [-0.25, -0.2) is 4.98 Å². The van der Waals surface area contributed by atoms with Crippen molar-refractivity contribution in [1.82, 2.24) is 14.8 Å². The van der Waals surface area contributed by atoms with Crippen molar-refractivity contribution in [2.45, 2.75) is 25.7 Å². The Labute approximate surface area is 129 Å². The number of nitrogens with zero attached hydrogens (tertiary/aromatic N) is 3. The molecule has 0 spiro atoms. The molecule has 0 bridgehead atoms. The van der Waals surface area contributed by atoms with Crippen molar-refractivity contribution in [2.24, 2.45) is 7.05 Å². The van der Waals surface area contributed by atoms with Crippen LogP contribution in [0.3, 0.4) is 0 Å². The van der Waals surface area contributed by atoms with Gasteiger partial charge in [-0.3, -0.25) is 4.68 Å². The summed E-state index contributed by atoms with van der Waals surface area (Å²) in [6, 6.07) is 6.35. The highest BCUT2D eigenvalue weighted by molar-refractivity contribution is 5.93. The second-order valence-electron chi connectivity index (χ2n) is 6.08. The summed E-state index contributed by atoms with van der Waals surface area (Å²) < 4.78 is 7.41. The molecule has 2 aromatic heterocycles. The molecule has 0 N–H and O–H groups in total. The number of fused-ring (bicyclic) bond motifs is 1. The van der Waals surface area contributed by atoms with Gasteiger partial charge in [-0.15, -0.1) is 0 Å². The van der Waals surface area contributed by atoms with Gasteiger partial charge in [0.15, 0.2) is 0 Å². The standard InChI is InChI=1S/C18H19N3O/c1-11-4-7-16(22-3)17-14(12-5-6-12)8-15(20-18(11)17)13-9-19-21(2)10-13/h4,7-10,12H,5-6H2,1-3H3. The number of hydrogen-bond acceptors (Lipinski definition) is 3. The van der Waals surface area contributed by atoms with Gasteiger partial charge in [-0.2, -0.15) is 5.10 Å². The molecule has 1 saturated carbocycles. The van der Waals surface area contributed by atoms with Crippen LogP contribution in [0.2, 0.25) is 0 Å². The first kappa shape index (κ1) is 13.3. The summed E-state index contributed by atoms with van der Waals surface area (Å²) >= 11 is 0. The monoisotopic (exact) mass is 293 g/mol. The Morgan fingerprint density at radius 2 is 2.09 bits per heavy atom. The molecular formula is C18H19N3O. The third-order valence-electron chi connectivity index (χ3n) is 4.39. The van der Waals surface area contributed by atoms with E-state index in [9.17, 15) is 0 Å². The molecule has 0 radical (unpaired) electrons. The summed E-state index contributed by atoms with van der Waals surface area (Å²) in [4.78, 5) is 4.90. The minimum absolute atomic E-state index is 0.636. The lowest BCUT2D eigenvalue weighted by atomic mass is 9.99. The summed E-state index contributed by atoms with van der Waals surface area (Å²) in [5.74, 6) is 1.56. The van der Waals surface area contributed by atoms with Gasteiger partial charge < -0.3 is 4.74 Å². The lowest BCUT2D eigenvalue weighted by molar-refractivity contribution is 0.419. The Bertz CT molecular complexity index is 862. The van der Waals surface area contributed by atoms with Crippen LogP contribution in [0.1, 0.15) is 29.9 Å². The largest absolute Gasteiger partial charge is 0.496 e. The first-order valence-electron chi connectivity index (χ1n) is 7.64. The van der Waals surface area contributed by atoms with E-state index >= 15 is 0 Å². The van der Waals surface area contributed by atoms with Crippen LogP contribution < -0.4 is 4.74 Å². The van der Waals surface area contributed by atoms with Crippen molar-refractivity contribution in [3.8, 4) is 17.0 Å². The molecule has 0 amide bonds. The Hall–Kier alpha value is -2.36. The average Bonchev–Trinajstić information content (AvgIpc) is 3.28. The fourth-order valence-corrected chi connectivity index (χ4v) is 3.06. The molecule has 3 aromatic rings. The van der Waals surface area contributed by atoms with Crippen molar-refractivity contribution in [3.05, 3.63) is 41.7 Å². The number of rotatable bonds is 3. The van der Waals surface area contributed by atoms with Gasteiger partial charge in [0.2, 0.25) is 0 Å². The molecule has 1 aromatic carbocycles. The van der Waals surface area contributed by atoms with E-state index in [0.717, 1.165) is 22.5 Å². The van der Waals surface area contributed by atoms with Crippen LogP contribution in [0.5, 0.6) is 5.75 Å². The summed E-state index contributed by atoms with van der Waals surface area (Å²) in [5.41, 5.74) is 5.66. The van der Waals surface area contributed by atoms with Crippen molar-refractivity contribution in [3.63, 3.8) is 0 Å². The summed E-state index contributed by atoms with van der Waals surface area (Å²) in [6.07, 6.45) is 6.39. The van der Waals surface area contributed by atoms with E-state index in [0.29, 0.717) is 5.92 Å². The van der Waals surface area contributed by atoms with Gasteiger partial charge in [0.05, 0.1) is 24.5 Å². The molecule has 4 rings (SSSR count). The van der Waals surface area contributed by atoms with Crippen molar-refractivity contribution in [2.75, 3.05) is 7.11 Å². The second-order valence-corrected chi connectivity index (χ2v) is 6.08. The zero-order valence-corrected chi connectivity index (χ0v) is 13.1. The molecule has 1 aliphatic rings. The summed E-state index contributed by atoms with van der Waals surface area (Å²) in [5, 5.41) is 5.45. The molecule has 0 aliphatic heterocycles. The van der Waals surface area contributed by atoms with Gasteiger partial charge in [0.1, 0.15) is 5.75 Å². The first-order chi connectivity index (χ1) is 10.7. The van der Waals surface area contributed by atoms with E-state index in [-0.39, 0.29) is 0 Å². The fraction of sp³-hybridized carbons (Fsp3) is 0.333. The van der Waals surface area contributed by atoms with Crippen molar-refractivity contribution >= 4 is 10.9 Å². The molecule has 4 nitrogen and oxygen atoms in total. The lowest BCUT2D eigenvalue weighted by Gasteiger charge is -2.13. The number of aryl methyl sites for hydroxylation is 2. The molecule has 0 atom stereocenters. The molecular weight excluding hydrogens is 274 g/mol. The van der Waals surface area contributed by atoms with Crippen molar-refractivity contribution < 1.29 is 4.74 Å². The maximum atomic E-state index is 5.59. The lowest BCUT2D eigenvalue weighted by Crippen LogP contribution is -1.96. The highest BCUT2D eigenvalue weighted by Gasteiger charge is 2.28. The Balaban J connectivity index is 2.04. The SMILES string of the molecule is COc1ccc(C)c2nc(-c3cnn(C)c3)cc(C3CC3)c12. The zero-order chi connectivity index (χ0) is 15.3. The number of hydrogen-bond donors (Lipinski definition) is 0. The predicted molar refractivity (Wildman–Crippen MR) is 87.2 cm³/mol. The van der Waals surface area contributed by atoms with E-state index in [1.54, 1.807) is 7.11 Å². The quantitative estimate of drug-likeness (QED) is 0.737. The summed E-state index contributed by atoms with van der Waals surface area (Å²) in [6.45, 7) is 2.11. The highest BCUT2D eigenvalue weighted by Crippen LogP contribution is 2.46. The molecule has 0 unspecified atom stereocenters. The molecule has 112 valence electrons. The number of pyridine rings is 1. The van der Waals surface area contributed by atoms with E-state index < -0.39 is 0 Å². The minimum Gasteiger partial charge on any atom is -0.496 e. The Morgan fingerprint density at radius 1 is 1.27 bits per heavy atom. The zero-order valence-electron chi connectivity index (χ0n) is 13.1. The van der Waals surface area contributed by atoms with E-state index in [4.69, 9.17) is 9.72 Å².